The molecule has 2 aromatic heterocycles. The highest BCUT2D eigenvalue weighted by Gasteiger charge is 2.17. The maximum Gasteiger partial charge on any atom is 0.150 e. The van der Waals surface area contributed by atoms with Gasteiger partial charge in [0.05, 0.1) is 11.9 Å². The van der Waals surface area contributed by atoms with E-state index >= 15 is 0 Å². The maximum absolute atomic E-state index is 4.55. The van der Waals surface area contributed by atoms with Gasteiger partial charge in [-0.3, -0.25) is 4.98 Å². The van der Waals surface area contributed by atoms with Crippen molar-refractivity contribution in [3.63, 3.8) is 0 Å². The highest BCUT2D eigenvalue weighted by Crippen LogP contribution is 2.23. The first-order valence-corrected chi connectivity index (χ1v) is 6.93. The van der Waals surface area contributed by atoms with Crippen molar-refractivity contribution in [1.29, 1.82) is 0 Å². The first kappa shape index (κ1) is 15.6. The first-order valence-electron chi connectivity index (χ1n) is 6.93. The van der Waals surface area contributed by atoms with E-state index in [-0.39, 0.29) is 12.4 Å². The number of aryl methyl sites for hydroxylation is 1. The van der Waals surface area contributed by atoms with Crippen LogP contribution in [0, 0.1) is 6.92 Å². The van der Waals surface area contributed by atoms with Crippen molar-refractivity contribution in [2.45, 2.75) is 32.2 Å². The van der Waals surface area contributed by atoms with Crippen LogP contribution in [0.4, 0.5) is 11.6 Å². The lowest BCUT2D eigenvalue weighted by atomic mass is 10.0. The lowest BCUT2D eigenvalue weighted by molar-refractivity contribution is 0.404. The first-order chi connectivity index (χ1) is 9.81. The molecule has 0 aromatic carbocycles. The largest absolute Gasteiger partial charge is 0.324 e. The molecule has 3 rings (SSSR count). The van der Waals surface area contributed by atoms with Crippen LogP contribution in [0.2, 0.25) is 0 Å². The zero-order valence-electron chi connectivity index (χ0n) is 11.9. The minimum absolute atomic E-state index is 0. The standard InChI is InChI=1S/C14H18N6.ClH/c1-10-18-12(11-4-2-3-5-16-11)8-13(19-10)20-14-9-15-6-7-17-14;/h6-9,11,16H,2-5H2,1H3,(H,17,18,19,20);1H. The van der Waals surface area contributed by atoms with E-state index in [9.17, 15) is 0 Å². The molecule has 0 amide bonds. The second kappa shape index (κ2) is 7.28. The van der Waals surface area contributed by atoms with Crippen LogP contribution in [-0.2, 0) is 0 Å². The third-order valence-electron chi connectivity index (χ3n) is 3.34. The van der Waals surface area contributed by atoms with Gasteiger partial charge in [0, 0.05) is 24.5 Å². The SMILES string of the molecule is Cc1nc(Nc2cnccn2)cc(C2CCCCN2)n1.Cl. The van der Waals surface area contributed by atoms with Gasteiger partial charge in [-0.2, -0.15) is 0 Å². The zero-order chi connectivity index (χ0) is 13.8. The molecule has 0 saturated carbocycles. The molecule has 21 heavy (non-hydrogen) atoms. The van der Waals surface area contributed by atoms with E-state index in [1.165, 1.54) is 12.8 Å². The van der Waals surface area contributed by atoms with Gasteiger partial charge in [0.2, 0.25) is 0 Å². The van der Waals surface area contributed by atoms with Gasteiger partial charge in [0.25, 0.3) is 0 Å². The number of nitrogens with zero attached hydrogens (tertiary/aromatic N) is 4. The third-order valence-corrected chi connectivity index (χ3v) is 3.34. The Balaban J connectivity index is 0.00000161. The summed E-state index contributed by atoms with van der Waals surface area (Å²) in [6, 6.07) is 2.32. The summed E-state index contributed by atoms with van der Waals surface area (Å²) in [4.78, 5) is 17.2. The summed E-state index contributed by atoms with van der Waals surface area (Å²) in [7, 11) is 0. The molecule has 3 heterocycles. The molecule has 1 fully saturated rings. The topological polar surface area (TPSA) is 75.6 Å². The van der Waals surface area contributed by atoms with E-state index in [4.69, 9.17) is 0 Å². The number of piperidine rings is 1. The quantitative estimate of drug-likeness (QED) is 0.907. The Morgan fingerprint density at radius 3 is 2.81 bits per heavy atom. The van der Waals surface area contributed by atoms with E-state index in [0.29, 0.717) is 11.9 Å². The van der Waals surface area contributed by atoms with Crippen molar-refractivity contribution in [2.24, 2.45) is 0 Å². The Labute approximate surface area is 130 Å². The number of aromatic nitrogens is 4. The molecule has 0 bridgehead atoms. The molecule has 1 atom stereocenters. The van der Waals surface area contributed by atoms with Gasteiger partial charge in [0.1, 0.15) is 17.5 Å². The summed E-state index contributed by atoms with van der Waals surface area (Å²) in [5.41, 5.74) is 1.04. The Kier molecular flexibility index (Phi) is 5.41. The fraction of sp³-hybridized carbons (Fsp3) is 0.429. The van der Waals surface area contributed by atoms with Gasteiger partial charge in [-0.1, -0.05) is 6.42 Å². The molecule has 1 aliphatic rings. The molecule has 112 valence electrons. The summed E-state index contributed by atoms with van der Waals surface area (Å²) in [5.74, 6) is 2.22. The van der Waals surface area contributed by atoms with Crippen LogP contribution in [0.3, 0.4) is 0 Å². The summed E-state index contributed by atoms with van der Waals surface area (Å²) in [6.45, 7) is 2.97. The molecular weight excluding hydrogens is 288 g/mol. The molecule has 2 aromatic rings. The number of hydrogen-bond acceptors (Lipinski definition) is 6. The van der Waals surface area contributed by atoms with Crippen LogP contribution in [0.25, 0.3) is 0 Å². The number of nitrogens with one attached hydrogen (secondary N) is 2. The Morgan fingerprint density at radius 2 is 2.10 bits per heavy atom. The average molecular weight is 307 g/mol. The fourth-order valence-electron chi connectivity index (χ4n) is 2.43. The number of halogens is 1. The minimum atomic E-state index is 0. The normalized spacial score (nSPS) is 17.9. The molecule has 0 spiro atoms. The maximum atomic E-state index is 4.55. The zero-order valence-corrected chi connectivity index (χ0v) is 12.7. The monoisotopic (exact) mass is 306 g/mol. The van der Waals surface area contributed by atoms with Crippen molar-refractivity contribution in [1.82, 2.24) is 25.3 Å². The van der Waals surface area contributed by atoms with Crippen molar-refractivity contribution in [3.05, 3.63) is 36.2 Å². The van der Waals surface area contributed by atoms with Gasteiger partial charge in [-0.05, 0) is 26.3 Å². The van der Waals surface area contributed by atoms with Gasteiger partial charge in [-0.25, -0.2) is 15.0 Å². The molecule has 1 unspecified atom stereocenters. The molecule has 1 aliphatic heterocycles. The minimum Gasteiger partial charge on any atom is -0.324 e. The third kappa shape index (κ3) is 4.09. The van der Waals surface area contributed by atoms with Crippen molar-refractivity contribution in [3.8, 4) is 0 Å². The summed E-state index contributed by atoms with van der Waals surface area (Å²) in [6.07, 6.45) is 8.59. The number of anilines is 2. The predicted molar refractivity (Wildman–Crippen MR) is 83.9 cm³/mol. The lowest BCUT2D eigenvalue weighted by Crippen LogP contribution is -2.27. The number of rotatable bonds is 3. The van der Waals surface area contributed by atoms with E-state index in [1.807, 2.05) is 13.0 Å². The number of hydrogen-bond donors (Lipinski definition) is 2. The molecule has 2 N–H and O–H groups in total. The van der Waals surface area contributed by atoms with Gasteiger partial charge < -0.3 is 10.6 Å². The van der Waals surface area contributed by atoms with Crippen LogP contribution in [0.1, 0.15) is 36.8 Å². The predicted octanol–water partition coefficient (Wildman–Crippen LogP) is 2.56. The molecule has 6 nitrogen and oxygen atoms in total. The van der Waals surface area contributed by atoms with Crippen molar-refractivity contribution < 1.29 is 0 Å². The van der Waals surface area contributed by atoms with Crippen molar-refractivity contribution in [2.75, 3.05) is 11.9 Å². The molecular formula is C14H19ClN6. The smallest absolute Gasteiger partial charge is 0.150 e. The lowest BCUT2D eigenvalue weighted by Gasteiger charge is -2.23. The highest BCUT2D eigenvalue weighted by molar-refractivity contribution is 5.85. The fourth-order valence-corrected chi connectivity index (χ4v) is 2.43. The molecule has 7 heteroatoms. The van der Waals surface area contributed by atoms with E-state index in [0.717, 1.165) is 30.3 Å². The van der Waals surface area contributed by atoms with Crippen LogP contribution in [-0.4, -0.2) is 26.5 Å². The Bertz CT molecular complexity index is 571. The van der Waals surface area contributed by atoms with Crippen LogP contribution in [0.15, 0.2) is 24.7 Å². The molecule has 1 saturated heterocycles. The second-order valence-electron chi connectivity index (χ2n) is 4.94. The van der Waals surface area contributed by atoms with Crippen LogP contribution < -0.4 is 10.6 Å². The Hall–Kier alpha value is -1.79. The van der Waals surface area contributed by atoms with E-state index < -0.39 is 0 Å². The summed E-state index contributed by atoms with van der Waals surface area (Å²) < 4.78 is 0. The van der Waals surface area contributed by atoms with Crippen LogP contribution >= 0.6 is 12.4 Å². The second-order valence-corrected chi connectivity index (χ2v) is 4.94. The molecule has 0 radical (unpaired) electrons. The average Bonchev–Trinajstić information content (AvgIpc) is 2.49. The van der Waals surface area contributed by atoms with Gasteiger partial charge in [0.15, 0.2) is 0 Å². The van der Waals surface area contributed by atoms with Crippen LogP contribution in [0.5, 0.6) is 0 Å². The Morgan fingerprint density at radius 1 is 1.19 bits per heavy atom. The van der Waals surface area contributed by atoms with E-state index in [1.54, 1.807) is 18.6 Å². The van der Waals surface area contributed by atoms with Crippen molar-refractivity contribution >= 4 is 24.0 Å². The highest BCUT2D eigenvalue weighted by atomic mass is 35.5. The molecule has 0 aliphatic carbocycles. The van der Waals surface area contributed by atoms with E-state index in [2.05, 4.69) is 30.6 Å². The summed E-state index contributed by atoms with van der Waals surface area (Å²) in [5, 5.41) is 6.68. The van der Waals surface area contributed by atoms with Gasteiger partial charge >= 0.3 is 0 Å². The van der Waals surface area contributed by atoms with Gasteiger partial charge in [-0.15, -0.1) is 12.4 Å². The summed E-state index contributed by atoms with van der Waals surface area (Å²) >= 11 is 0.